The topological polar surface area (TPSA) is 50.4 Å². The van der Waals surface area contributed by atoms with Crippen molar-refractivity contribution in [3.8, 4) is 0 Å². The Morgan fingerprint density at radius 3 is 2.81 bits per heavy atom. The van der Waals surface area contributed by atoms with Crippen molar-refractivity contribution in [3.63, 3.8) is 0 Å². The van der Waals surface area contributed by atoms with Crippen LogP contribution < -0.4 is 10.6 Å². The molecule has 2 rings (SSSR count). The summed E-state index contributed by atoms with van der Waals surface area (Å²) in [5.41, 5.74) is 1.03. The maximum atomic E-state index is 13.7. The van der Waals surface area contributed by atoms with E-state index in [1.54, 1.807) is 19.1 Å². The average molecular weight is 294 g/mol. The van der Waals surface area contributed by atoms with E-state index >= 15 is 0 Å². The SMILES string of the molecule is Cc1ccc(NC(=O)C(C)NC(C)C2CCCO2)c(F)c1. The van der Waals surface area contributed by atoms with Crippen LogP contribution in [-0.4, -0.2) is 30.7 Å². The number of anilines is 1. The van der Waals surface area contributed by atoms with E-state index in [-0.39, 0.29) is 23.7 Å². The van der Waals surface area contributed by atoms with Crippen molar-refractivity contribution in [3.05, 3.63) is 29.6 Å². The van der Waals surface area contributed by atoms with Gasteiger partial charge in [-0.3, -0.25) is 4.79 Å². The Morgan fingerprint density at radius 1 is 1.43 bits per heavy atom. The fourth-order valence-corrected chi connectivity index (χ4v) is 2.54. The number of benzene rings is 1. The number of ether oxygens (including phenoxy) is 1. The van der Waals surface area contributed by atoms with Gasteiger partial charge in [0.05, 0.1) is 17.8 Å². The van der Waals surface area contributed by atoms with E-state index in [0.717, 1.165) is 25.0 Å². The molecule has 0 saturated carbocycles. The Bertz CT molecular complexity index is 501. The second kappa shape index (κ2) is 7.00. The van der Waals surface area contributed by atoms with E-state index in [1.165, 1.54) is 6.07 Å². The van der Waals surface area contributed by atoms with Crippen molar-refractivity contribution >= 4 is 11.6 Å². The number of aryl methyl sites for hydroxylation is 1. The van der Waals surface area contributed by atoms with E-state index in [2.05, 4.69) is 10.6 Å². The molecule has 1 aliphatic heterocycles. The molecule has 0 spiro atoms. The lowest BCUT2D eigenvalue weighted by Gasteiger charge is -2.24. The van der Waals surface area contributed by atoms with Crippen molar-refractivity contribution in [2.75, 3.05) is 11.9 Å². The van der Waals surface area contributed by atoms with Crippen molar-refractivity contribution < 1.29 is 13.9 Å². The molecule has 1 heterocycles. The van der Waals surface area contributed by atoms with Gasteiger partial charge in [0.2, 0.25) is 5.91 Å². The third kappa shape index (κ3) is 4.25. The molecular weight excluding hydrogens is 271 g/mol. The van der Waals surface area contributed by atoms with Crippen LogP contribution in [0.1, 0.15) is 32.3 Å². The minimum Gasteiger partial charge on any atom is -0.377 e. The number of hydrogen-bond donors (Lipinski definition) is 2. The summed E-state index contributed by atoms with van der Waals surface area (Å²) in [6, 6.07) is 4.44. The van der Waals surface area contributed by atoms with E-state index < -0.39 is 11.9 Å². The summed E-state index contributed by atoms with van der Waals surface area (Å²) in [6.45, 7) is 6.37. The molecule has 21 heavy (non-hydrogen) atoms. The predicted molar refractivity (Wildman–Crippen MR) is 80.8 cm³/mol. The van der Waals surface area contributed by atoms with Gasteiger partial charge in [0, 0.05) is 12.6 Å². The van der Waals surface area contributed by atoms with Gasteiger partial charge in [0.15, 0.2) is 0 Å². The molecule has 116 valence electrons. The third-order valence-corrected chi connectivity index (χ3v) is 3.81. The first-order chi connectivity index (χ1) is 9.97. The maximum absolute atomic E-state index is 13.7. The number of carbonyl (C=O) groups excluding carboxylic acids is 1. The summed E-state index contributed by atoms with van der Waals surface area (Å²) in [7, 11) is 0. The monoisotopic (exact) mass is 294 g/mol. The molecule has 1 amide bonds. The first-order valence-electron chi connectivity index (χ1n) is 7.42. The quantitative estimate of drug-likeness (QED) is 0.877. The molecule has 3 atom stereocenters. The van der Waals surface area contributed by atoms with Gasteiger partial charge in [-0.2, -0.15) is 0 Å². The number of carbonyl (C=O) groups is 1. The molecule has 1 aromatic carbocycles. The summed E-state index contributed by atoms with van der Waals surface area (Å²) < 4.78 is 19.3. The molecule has 1 fully saturated rings. The normalized spacial score (nSPS) is 21.0. The van der Waals surface area contributed by atoms with E-state index in [9.17, 15) is 9.18 Å². The van der Waals surface area contributed by atoms with Gasteiger partial charge in [-0.25, -0.2) is 4.39 Å². The van der Waals surface area contributed by atoms with Crippen molar-refractivity contribution in [2.45, 2.75) is 51.8 Å². The van der Waals surface area contributed by atoms with Crippen LogP contribution in [0.3, 0.4) is 0 Å². The van der Waals surface area contributed by atoms with E-state index in [0.29, 0.717) is 0 Å². The summed E-state index contributed by atoms with van der Waals surface area (Å²) in [5, 5.41) is 5.83. The number of nitrogens with one attached hydrogen (secondary N) is 2. The first kappa shape index (κ1) is 15.9. The van der Waals surface area contributed by atoms with Crippen LogP contribution in [0, 0.1) is 12.7 Å². The highest BCUT2D eigenvalue weighted by atomic mass is 19.1. The molecule has 1 aromatic rings. The number of halogens is 1. The van der Waals surface area contributed by atoms with Gasteiger partial charge in [-0.05, 0) is 51.3 Å². The van der Waals surface area contributed by atoms with Crippen LogP contribution in [0.4, 0.5) is 10.1 Å². The van der Waals surface area contributed by atoms with Gasteiger partial charge >= 0.3 is 0 Å². The highest BCUT2D eigenvalue weighted by Crippen LogP contribution is 2.17. The summed E-state index contributed by atoms with van der Waals surface area (Å²) >= 11 is 0. The Morgan fingerprint density at radius 2 is 2.19 bits per heavy atom. The second-order valence-corrected chi connectivity index (χ2v) is 5.70. The molecule has 1 saturated heterocycles. The molecule has 5 heteroatoms. The minimum absolute atomic E-state index is 0.0936. The maximum Gasteiger partial charge on any atom is 0.241 e. The highest BCUT2D eigenvalue weighted by molar-refractivity contribution is 5.94. The molecule has 0 bridgehead atoms. The first-order valence-corrected chi connectivity index (χ1v) is 7.42. The number of amides is 1. The lowest BCUT2D eigenvalue weighted by Crippen LogP contribution is -2.47. The Hall–Kier alpha value is -1.46. The van der Waals surface area contributed by atoms with Crippen molar-refractivity contribution in [1.29, 1.82) is 0 Å². The van der Waals surface area contributed by atoms with Gasteiger partial charge in [0.25, 0.3) is 0 Å². The fraction of sp³-hybridized carbons (Fsp3) is 0.562. The highest BCUT2D eigenvalue weighted by Gasteiger charge is 2.25. The average Bonchev–Trinajstić information content (AvgIpc) is 2.95. The molecule has 4 nitrogen and oxygen atoms in total. The Labute approximate surface area is 125 Å². The number of hydrogen-bond acceptors (Lipinski definition) is 3. The third-order valence-electron chi connectivity index (χ3n) is 3.81. The molecule has 0 aromatic heterocycles. The molecular formula is C16H23FN2O2. The zero-order valence-electron chi connectivity index (χ0n) is 12.8. The summed E-state index contributed by atoms with van der Waals surface area (Å²) in [4.78, 5) is 12.1. The largest absolute Gasteiger partial charge is 0.377 e. The van der Waals surface area contributed by atoms with Crippen LogP contribution in [0.5, 0.6) is 0 Å². The summed E-state index contributed by atoms with van der Waals surface area (Å²) in [6.07, 6.45) is 2.22. The van der Waals surface area contributed by atoms with Gasteiger partial charge in [0.1, 0.15) is 5.82 Å². The van der Waals surface area contributed by atoms with Crippen LogP contribution in [0.2, 0.25) is 0 Å². The van der Waals surface area contributed by atoms with E-state index in [1.807, 2.05) is 13.8 Å². The van der Waals surface area contributed by atoms with Crippen LogP contribution in [-0.2, 0) is 9.53 Å². The van der Waals surface area contributed by atoms with Crippen molar-refractivity contribution in [2.24, 2.45) is 0 Å². The van der Waals surface area contributed by atoms with Gasteiger partial charge < -0.3 is 15.4 Å². The molecule has 0 aliphatic carbocycles. The van der Waals surface area contributed by atoms with Gasteiger partial charge in [-0.1, -0.05) is 6.07 Å². The smallest absolute Gasteiger partial charge is 0.241 e. The molecule has 2 N–H and O–H groups in total. The Kier molecular flexibility index (Phi) is 5.31. The number of rotatable bonds is 5. The minimum atomic E-state index is -0.414. The Balaban J connectivity index is 1.89. The standard InChI is InChI=1S/C16H23FN2O2/c1-10-6-7-14(13(17)9-10)19-16(20)12(3)18-11(2)15-5-4-8-21-15/h6-7,9,11-12,15,18H,4-5,8H2,1-3H3,(H,19,20). The van der Waals surface area contributed by atoms with Gasteiger partial charge in [-0.15, -0.1) is 0 Å². The predicted octanol–water partition coefficient (Wildman–Crippen LogP) is 2.62. The zero-order valence-corrected chi connectivity index (χ0v) is 12.8. The lowest BCUT2D eigenvalue weighted by molar-refractivity contribution is -0.118. The molecule has 1 aliphatic rings. The van der Waals surface area contributed by atoms with Crippen LogP contribution in [0.15, 0.2) is 18.2 Å². The fourth-order valence-electron chi connectivity index (χ4n) is 2.54. The van der Waals surface area contributed by atoms with Crippen LogP contribution >= 0.6 is 0 Å². The van der Waals surface area contributed by atoms with Crippen molar-refractivity contribution in [1.82, 2.24) is 5.32 Å². The lowest BCUT2D eigenvalue weighted by atomic mass is 10.1. The second-order valence-electron chi connectivity index (χ2n) is 5.70. The molecule has 0 radical (unpaired) electrons. The van der Waals surface area contributed by atoms with E-state index in [4.69, 9.17) is 4.74 Å². The zero-order chi connectivity index (χ0) is 15.4. The van der Waals surface area contributed by atoms with Crippen LogP contribution in [0.25, 0.3) is 0 Å². The summed E-state index contributed by atoms with van der Waals surface area (Å²) in [5.74, 6) is -0.662. The molecule has 3 unspecified atom stereocenters.